The van der Waals surface area contributed by atoms with Crippen LogP contribution in [0.25, 0.3) is 0 Å². The lowest BCUT2D eigenvalue weighted by Gasteiger charge is -2.11. The van der Waals surface area contributed by atoms with Gasteiger partial charge in [0, 0.05) is 12.8 Å². The number of hydrazone groups is 1. The van der Waals surface area contributed by atoms with Crippen molar-refractivity contribution in [1.29, 1.82) is 0 Å². The van der Waals surface area contributed by atoms with Crippen LogP contribution in [-0.2, 0) is 16.0 Å². The molecule has 1 amide bonds. The van der Waals surface area contributed by atoms with Gasteiger partial charge in [0.2, 0.25) is 5.91 Å². The molecule has 0 fully saturated rings. The van der Waals surface area contributed by atoms with Gasteiger partial charge >= 0.3 is 5.97 Å². The monoisotopic (exact) mass is 246 g/mol. The van der Waals surface area contributed by atoms with E-state index in [4.69, 9.17) is 0 Å². The summed E-state index contributed by atoms with van der Waals surface area (Å²) in [7, 11) is 1.35. The molecule has 18 heavy (non-hydrogen) atoms. The van der Waals surface area contributed by atoms with Crippen LogP contribution in [0.5, 0.6) is 0 Å². The van der Waals surface area contributed by atoms with Crippen LogP contribution in [0.3, 0.4) is 0 Å². The van der Waals surface area contributed by atoms with E-state index in [2.05, 4.69) is 9.84 Å². The van der Waals surface area contributed by atoms with Gasteiger partial charge in [-0.15, -0.1) is 0 Å². The van der Waals surface area contributed by atoms with Crippen molar-refractivity contribution < 1.29 is 14.3 Å². The summed E-state index contributed by atoms with van der Waals surface area (Å²) in [5.41, 5.74) is 1.58. The Labute approximate surface area is 105 Å². The molecule has 0 unspecified atom stereocenters. The van der Waals surface area contributed by atoms with E-state index in [1.165, 1.54) is 12.1 Å². The van der Waals surface area contributed by atoms with Gasteiger partial charge < -0.3 is 4.74 Å². The molecule has 0 atom stereocenters. The molecule has 0 N–H and O–H groups in total. The number of hydrogen-bond acceptors (Lipinski definition) is 4. The lowest BCUT2D eigenvalue weighted by atomic mass is 10.1. The number of carbonyl (C=O) groups excluding carboxylic acids is 2. The molecule has 0 spiro atoms. The fourth-order valence-electron chi connectivity index (χ4n) is 1.73. The summed E-state index contributed by atoms with van der Waals surface area (Å²) >= 11 is 0. The Morgan fingerprint density at radius 1 is 1.39 bits per heavy atom. The number of amides is 1. The third kappa shape index (κ3) is 2.74. The normalized spacial score (nSPS) is 14.1. The average Bonchev–Trinajstić information content (AvgIpc) is 2.81. The summed E-state index contributed by atoms with van der Waals surface area (Å²) in [6.07, 6.45) is 2.72. The Balaban J connectivity index is 1.92. The molecule has 0 saturated heterocycles. The molecule has 0 aliphatic carbocycles. The van der Waals surface area contributed by atoms with E-state index < -0.39 is 0 Å². The number of carbonyl (C=O) groups is 2. The Morgan fingerprint density at radius 3 is 2.67 bits per heavy atom. The summed E-state index contributed by atoms with van der Waals surface area (Å²) in [5, 5.41) is 5.44. The Hall–Kier alpha value is -2.17. The van der Waals surface area contributed by atoms with Gasteiger partial charge in [0.15, 0.2) is 0 Å². The van der Waals surface area contributed by atoms with Crippen LogP contribution in [0, 0.1) is 0 Å². The zero-order valence-electron chi connectivity index (χ0n) is 10.1. The molecule has 5 nitrogen and oxygen atoms in total. The maximum Gasteiger partial charge on any atom is 0.337 e. The Bertz CT molecular complexity index is 480. The van der Waals surface area contributed by atoms with E-state index in [1.54, 1.807) is 18.3 Å². The van der Waals surface area contributed by atoms with Crippen LogP contribution in [0.1, 0.15) is 22.3 Å². The zero-order chi connectivity index (χ0) is 13.0. The van der Waals surface area contributed by atoms with Gasteiger partial charge in [-0.1, -0.05) is 12.1 Å². The van der Waals surface area contributed by atoms with Crippen molar-refractivity contribution in [2.45, 2.75) is 12.8 Å². The van der Waals surface area contributed by atoms with Gasteiger partial charge in [-0.25, -0.2) is 9.80 Å². The zero-order valence-corrected chi connectivity index (χ0v) is 10.1. The molecule has 1 aromatic carbocycles. The van der Waals surface area contributed by atoms with E-state index in [9.17, 15) is 9.59 Å². The topological polar surface area (TPSA) is 59.0 Å². The van der Waals surface area contributed by atoms with Gasteiger partial charge in [-0.2, -0.15) is 5.10 Å². The molecular weight excluding hydrogens is 232 g/mol. The molecule has 5 heteroatoms. The van der Waals surface area contributed by atoms with E-state index >= 15 is 0 Å². The standard InChI is InChI=1S/C13H14N2O3/c1-18-13(17)11-4-2-10(3-5-11)7-9-15-12(16)6-8-14-15/h2-5,8H,6-7,9H2,1H3. The fourth-order valence-corrected chi connectivity index (χ4v) is 1.73. The molecule has 0 aromatic heterocycles. The van der Waals surface area contributed by atoms with Crippen LogP contribution in [0.4, 0.5) is 0 Å². The molecule has 94 valence electrons. The predicted octanol–water partition coefficient (Wildman–Crippen LogP) is 1.23. The molecule has 2 rings (SSSR count). The highest BCUT2D eigenvalue weighted by molar-refractivity contribution is 5.93. The number of esters is 1. The number of rotatable bonds is 4. The highest BCUT2D eigenvalue weighted by Gasteiger charge is 2.15. The first kappa shape index (κ1) is 12.3. The van der Waals surface area contributed by atoms with Crippen molar-refractivity contribution in [2.24, 2.45) is 5.10 Å². The quantitative estimate of drug-likeness (QED) is 0.751. The summed E-state index contributed by atoms with van der Waals surface area (Å²) in [6, 6.07) is 7.15. The number of hydrogen-bond donors (Lipinski definition) is 0. The second-order valence-electron chi connectivity index (χ2n) is 3.96. The van der Waals surface area contributed by atoms with Gasteiger partial charge in [-0.05, 0) is 24.1 Å². The molecule has 1 aliphatic rings. The summed E-state index contributed by atoms with van der Waals surface area (Å²) < 4.78 is 4.62. The van der Waals surface area contributed by atoms with Gasteiger partial charge in [0.25, 0.3) is 0 Å². The Morgan fingerprint density at radius 2 is 2.11 bits per heavy atom. The van der Waals surface area contributed by atoms with E-state index in [0.29, 0.717) is 24.9 Å². The number of ether oxygens (including phenoxy) is 1. The minimum atomic E-state index is -0.346. The van der Waals surface area contributed by atoms with Gasteiger partial charge in [0.05, 0.1) is 19.1 Å². The Kier molecular flexibility index (Phi) is 3.72. The molecule has 1 aliphatic heterocycles. The van der Waals surface area contributed by atoms with Crippen LogP contribution in [0.2, 0.25) is 0 Å². The minimum absolute atomic E-state index is 0.0289. The third-order valence-corrected chi connectivity index (χ3v) is 2.76. The molecular formula is C13H14N2O3. The second-order valence-corrected chi connectivity index (χ2v) is 3.96. The largest absolute Gasteiger partial charge is 0.465 e. The number of methoxy groups -OCH3 is 1. The molecule has 0 bridgehead atoms. The fraction of sp³-hybridized carbons (Fsp3) is 0.308. The van der Waals surface area contributed by atoms with E-state index in [-0.39, 0.29) is 11.9 Å². The summed E-state index contributed by atoms with van der Waals surface area (Å²) in [6.45, 7) is 0.562. The van der Waals surface area contributed by atoms with Crippen molar-refractivity contribution >= 4 is 18.1 Å². The lowest BCUT2D eigenvalue weighted by Crippen LogP contribution is -2.23. The van der Waals surface area contributed by atoms with Crippen LogP contribution in [0.15, 0.2) is 29.4 Å². The third-order valence-electron chi connectivity index (χ3n) is 2.76. The highest BCUT2D eigenvalue weighted by Crippen LogP contribution is 2.09. The maximum absolute atomic E-state index is 11.3. The summed E-state index contributed by atoms with van der Waals surface area (Å²) in [4.78, 5) is 22.6. The molecule has 1 heterocycles. The van der Waals surface area contributed by atoms with Crippen molar-refractivity contribution in [3.8, 4) is 0 Å². The first-order chi connectivity index (χ1) is 8.70. The first-order valence-electron chi connectivity index (χ1n) is 5.71. The maximum atomic E-state index is 11.3. The second kappa shape index (κ2) is 5.44. The molecule has 0 saturated carbocycles. The lowest BCUT2D eigenvalue weighted by molar-refractivity contribution is -0.128. The first-order valence-corrected chi connectivity index (χ1v) is 5.71. The van der Waals surface area contributed by atoms with Crippen LogP contribution < -0.4 is 0 Å². The highest BCUT2D eigenvalue weighted by atomic mass is 16.5. The van der Waals surface area contributed by atoms with E-state index in [1.807, 2.05) is 12.1 Å². The summed E-state index contributed by atoms with van der Waals surface area (Å²) in [5.74, 6) is -0.318. The number of benzene rings is 1. The average molecular weight is 246 g/mol. The van der Waals surface area contributed by atoms with Crippen LogP contribution in [-0.4, -0.2) is 36.8 Å². The predicted molar refractivity (Wildman–Crippen MR) is 66.3 cm³/mol. The molecule has 0 radical (unpaired) electrons. The van der Waals surface area contributed by atoms with Gasteiger partial charge in [0.1, 0.15) is 0 Å². The van der Waals surface area contributed by atoms with Crippen molar-refractivity contribution in [3.63, 3.8) is 0 Å². The van der Waals surface area contributed by atoms with Gasteiger partial charge in [-0.3, -0.25) is 4.79 Å². The van der Waals surface area contributed by atoms with Crippen LogP contribution >= 0.6 is 0 Å². The van der Waals surface area contributed by atoms with Crippen molar-refractivity contribution in [1.82, 2.24) is 5.01 Å². The smallest absolute Gasteiger partial charge is 0.337 e. The van der Waals surface area contributed by atoms with Crippen molar-refractivity contribution in [2.75, 3.05) is 13.7 Å². The molecule has 1 aromatic rings. The SMILES string of the molecule is COC(=O)c1ccc(CCN2N=CCC2=O)cc1. The number of nitrogens with zero attached hydrogens (tertiary/aromatic N) is 2. The van der Waals surface area contributed by atoms with Crippen molar-refractivity contribution in [3.05, 3.63) is 35.4 Å². The van der Waals surface area contributed by atoms with E-state index in [0.717, 1.165) is 5.56 Å². The minimum Gasteiger partial charge on any atom is -0.465 e.